The van der Waals surface area contributed by atoms with Crippen molar-refractivity contribution in [2.75, 3.05) is 0 Å². The fourth-order valence-corrected chi connectivity index (χ4v) is 0.660. The molecule has 1 atom stereocenters. The van der Waals surface area contributed by atoms with E-state index in [9.17, 15) is 5.11 Å². The second-order valence-corrected chi connectivity index (χ2v) is 1.96. The molecular formula is C8H8Li2O. The van der Waals surface area contributed by atoms with Crippen LogP contribution in [0.1, 0.15) is 18.6 Å². The minimum absolute atomic E-state index is 0. The molecule has 0 aromatic heterocycles. The van der Waals surface area contributed by atoms with Crippen LogP contribution in [0, 0.1) is 6.07 Å². The number of benzene rings is 1. The summed E-state index contributed by atoms with van der Waals surface area (Å²) in [6.45, 7) is 1.62. The smallest absolute Gasteiger partial charge is 0.850 e. The minimum Gasteiger partial charge on any atom is -0.850 e. The molecule has 0 saturated carbocycles. The molecule has 1 rings (SSSR count). The Balaban J connectivity index is 0. The van der Waals surface area contributed by atoms with Gasteiger partial charge in [-0.15, -0.1) is 6.10 Å². The van der Waals surface area contributed by atoms with E-state index in [1.54, 1.807) is 19.1 Å². The Kier molecular flexibility index (Phi) is 8.92. The average molecular weight is 134 g/mol. The zero-order valence-corrected chi connectivity index (χ0v) is 7.29. The van der Waals surface area contributed by atoms with Crippen LogP contribution in [0.25, 0.3) is 0 Å². The molecule has 48 valence electrons. The van der Waals surface area contributed by atoms with E-state index in [-0.39, 0.29) is 37.7 Å². The van der Waals surface area contributed by atoms with Crippen LogP contribution < -0.4 is 42.8 Å². The van der Waals surface area contributed by atoms with Gasteiger partial charge in [0.1, 0.15) is 0 Å². The molecule has 0 heterocycles. The van der Waals surface area contributed by atoms with Gasteiger partial charge in [-0.3, -0.25) is 0 Å². The summed E-state index contributed by atoms with van der Waals surface area (Å²) in [6.07, 6.45) is -0.647. The van der Waals surface area contributed by atoms with E-state index in [1.165, 1.54) is 0 Å². The molecule has 0 amide bonds. The maximum absolute atomic E-state index is 10.7. The zero-order chi connectivity index (χ0) is 6.69. The molecular weight excluding hydrogens is 126 g/mol. The first-order valence-electron chi connectivity index (χ1n) is 2.93. The second kappa shape index (κ2) is 7.05. The van der Waals surface area contributed by atoms with Gasteiger partial charge in [-0.2, -0.15) is 35.9 Å². The SMILES string of the molecule is CC([O-])c1[c-]cccc1.[Li+].[Li+]. The quantitative estimate of drug-likeness (QED) is 0.278. The van der Waals surface area contributed by atoms with Crippen LogP contribution in [0.4, 0.5) is 0 Å². The van der Waals surface area contributed by atoms with Gasteiger partial charge in [0.15, 0.2) is 0 Å². The summed E-state index contributed by atoms with van der Waals surface area (Å²) >= 11 is 0. The van der Waals surface area contributed by atoms with Crippen LogP contribution in [0.5, 0.6) is 0 Å². The summed E-state index contributed by atoms with van der Waals surface area (Å²) in [5.74, 6) is 0. The molecule has 1 aromatic carbocycles. The first-order valence-corrected chi connectivity index (χ1v) is 2.93. The molecule has 11 heavy (non-hydrogen) atoms. The monoisotopic (exact) mass is 134 g/mol. The van der Waals surface area contributed by atoms with Crippen molar-refractivity contribution < 1.29 is 42.8 Å². The summed E-state index contributed by atoms with van der Waals surface area (Å²) in [7, 11) is 0. The summed E-state index contributed by atoms with van der Waals surface area (Å²) in [5, 5.41) is 10.7. The Bertz CT molecular complexity index is 175. The molecule has 0 radical (unpaired) electrons. The largest absolute Gasteiger partial charge is 1.00 e. The summed E-state index contributed by atoms with van der Waals surface area (Å²) in [4.78, 5) is 0. The Hall–Kier alpha value is 0.375. The standard InChI is InChI=1S/C8H8O.2Li/c1-7(9)8-5-3-2-4-6-8;;/h2-5,7H,1H3;;/q-2;2*+1. The Morgan fingerprint density at radius 2 is 2.00 bits per heavy atom. The molecule has 1 nitrogen and oxygen atoms in total. The molecule has 0 N–H and O–H groups in total. The van der Waals surface area contributed by atoms with Gasteiger partial charge in [0.05, 0.1) is 0 Å². The summed E-state index contributed by atoms with van der Waals surface area (Å²) in [6, 6.07) is 10.1. The van der Waals surface area contributed by atoms with Gasteiger partial charge < -0.3 is 5.11 Å². The van der Waals surface area contributed by atoms with Crippen molar-refractivity contribution in [3.8, 4) is 0 Å². The van der Waals surface area contributed by atoms with Gasteiger partial charge in [0.2, 0.25) is 0 Å². The van der Waals surface area contributed by atoms with Gasteiger partial charge in [-0.1, -0.05) is 6.92 Å². The second-order valence-electron chi connectivity index (χ2n) is 1.96. The molecule has 0 spiro atoms. The van der Waals surface area contributed by atoms with Gasteiger partial charge >= 0.3 is 37.7 Å². The van der Waals surface area contributed by atoms with E-state index in [2.05, 4.69) is 6.07 Å². The molecule has 0 fully saturated rings. The van der Waals surface area contributed by atoms with Crippen molar-refractivity contribution >= 4 is 0 Å². The van der Waals surface area contributed by atoms with E-state index in [1.807, 2.05) is 12.1 Å². The first kappa shape index (κ1) is 13.9. The number of hydrogen-bond donors (Lipinski definition) is 0. The van der Waals surface area contributed by atoms with E-state index in [4.69, 9.17) is 0 Å². The number of hydrogen-bond acceptors (Lipinski definition) is 1. The Morgan fingerprint density at radius 3 is 2.27 bits per heavy atom. The van der Waals surface area contributed by atoms with Gasteiger partial charge in [0, 0.05) is 0 Å². The Labute approximate surface area is 91.6 Å². The van der Waals surface area contributed by atoms with Crippen LogP contribution in [0.2, 0.25) is 0 Å². The molecule has 3 heteroatoms. The third-order valence-electron chi connectivity index (χ3n) is 1.17. The minimum atomic E-state index is -0.647. The summed E-state index contributed by atoms with van der Waals surface area (Å²) in [5.41, 5.74) is 0.734. The maximum atomic E-state index is 10.7. The van der Waals surface area contributed by atoms with Crippen LogP contribution >= 0.6 is 0 Å². The van der Waals surface area contributed by atoms with E-state index in [0.29, 0.717) is 0 Å². The molecule has 1 aromatic rings. The van der Waals surface area contributed by atoms with Gasteiger partial charge in [-0.25, -0.2) is 0 Å². The molecule has 0 aliphatic heterocycles. The number of rotatable bonds is 1. The van der Waals surface area contributed by atoms with Crippen molar-refractivity contribution in [2.45, 2.75) is 13.0 Å². The topological polar surface area (TPSA) is 23.1 Å². The predicted octanol–water partition coefficient (Wildman–Crippen LogP) is -5.08. The molecule has 0 bridgehead atoms. The zero-order valence-electron chi connectivity index (χ0n) is 7.29. The first-order chi connectivity index (χ1) is 4.30. The molecule has 0 saturated heterocycles. The molecule has 0 aliphatic carbocycles. The van der Waals surface area contributed by atoms with Crippen molar-refractivity contribution in [3.63, 3.8) is 0 Å². The van der Waals surface area contributed by atoms with Crippen molar-refractivity contribution in [3.05, 3.63) is 35.9 Å². The predicted molar refractivity (Wildman–Crippen MR) is 33.7 cm³/mol. The van der Waals surface area contributed by atoms with Gasteiger partial charge in [0.25, 0.3) is 0 Å². The average Bonchev–Trinajstić information content (AvgIpc) is 1.90. The molecule has 0 aliphatic rings. The van der Waals surface area contributed by atoms with Crippen LogP contribution in [-0.2, 0) is 0 Å². The van der Waals surface area contributed by atoms with Crippen molar-refractivity contribution in [1.29, 1.82) is 0 Å². The fourth-order valence-electron chi connectivity index (χ4n) is 0.660. The van der Waals surface area contributed by atoms with Crippen LogP contribution in [0.15, 0.2) is 24.3 Å². The van der Waals surface area contributed by atoms with Crippen molar-refractivity contribution in [2.24, 2.45) is 0 Å². The maximum Gasteiger partial charge on any atom is 1.00 e. The Morgan fingerprint density at radius 1 is 1.36 bits per heavy atom. The van der Waals surface area contributed by atoms with Crippen LogP contribution in [0.3, 0.4) is 0 Å². The van der Waals surface area contributed by atoms with Gasteiger partial charge in [-0.05, 0) is 0 Å². The van der Waals surface area contributed by atoms with E-state index in [0.717, 1.165) is 5.56 Å². The normalized spacial score (nSPS) is 10.7. The third-order valence-corrected chi connectivity index (χ3v) is 1.17. The molecule has 1 unspecified atom stereocenters. The fraction of sp³-hybridized carbons (Fsp3) is 0.250. The van der Waals surface area contributed by atoms with Crippen molar-refractivity contribution in [1.82, 2.24) is 0 Å². The van der Waals surface area contributed by atoms with E-state index >= 15 is 0 Å². The van der Waals surface area contributed by atoms with E-state index < -0.39 is 6.10 Å². The third kappa shape index (κ3) is 4.75. The summed E-state index contributed by atoms with van der Waals surface area (Å²) < 4.78 is 0. The van der Waals surface area contributed by atoms with Crippen LogP contribution in [-0.4, -0.2) is 0 Å².